The molecule has 0 saturated carbocycles. The van der Waals surface area contributed by atoms with E-state index in [0.29, 0.717) is 13.0 Å². The Kier molecular flexibility index (Phi) is 7.59. The van der Waals surface area contributed by atoms with Gasteiger partial charge in [0.05, 0.1) is 6.54 Å². The molecule has 2 aliphatic rings. The van der Waals surface area contributed by atoms with Crippen LogP contribution in [0.3, 0.4) is 0 Å². The van der Waals surface area contributed by atoms with Crippen molar-refractivity contribution in [3.63, 3.8) is 0 Å². The highest BCUT2D eigenvalue weighted by molar-refractivity contribution is 5.98. The third kappa shape index (κ3) is 5.39. The van der Waals surface area contributed by atoms with Gasteiger partial charge in [0.1, 0.15) is 5.54 Å². The highest BCUT2D eigenvalue weighted by Gasteiger charge is 2.49. The SMILES string of the molecule is O=C1CNC(=O)C2(CCCN(CCCCCc3ccccc3)CC2)N1Cc1ccccc1. The fourth-order valence-electron chi connectivity index (χ4n) is 5.16. The normalized spacial score (nSPS) is 22.1. The Bertz CT molecular complexity index is 886. The molecule has 0 radical (unpaired) electrons. The van der Waals surface area contributed by atoms with Gasteiger partial charge in [-0.25, -0.2) is 0 Å². The predicted molar refractivity (Wildman–Crippen MR) is 127 cm³/mol. The fraction of sp³-hybridized carbons (Fsp3) is 0.481. The zero-order valence-electron chi connectivity index (χ0n) is 19.0. The number of nitrogens with zero attached hydrogens (tertiary/aromatic N) is 2. The minimum Gasteiger partial charge on any atom is -0.345 e. The molecule has 170 valence electrons. The Balaban J connectivity index is 1.32. The smallest absolute Gasteiger partial charge is 0.246 e. The summed E-state index contributed by atoms with van der Waals surface area (Å²) in [5.74, 6) is 0.0561. The first-order valence-electron chi connectivity index (χ1n) is 12.1. The molecule has 2 aromatic rings. The monoisotopic (exact) mass is 433 g/mol. The van der Waals surface area contributed by atoms with Crippen molar-refractivity contribution in [3.05, 3.63) is 71.8 Å². The molecular formula is C27H35N3O2. The Morgan fingerprint density at radius 2 is 1.53 bits per heavy atom. The quantitative estimate of drug-likeness (QED) is 0.645. The van der Waals surface area contributed by atoms with Gasteiger partial charge in [0, 0.05) is 13.1 Å². The number of piperazine rings is 1. The first-order chi connectivity index (χ1) is 15.7. The van der Waals surface area contributed by atoms with Crippen molar-refractivity contribution in [2.45, 2.75) is 57.0 Å². The Hall–Kier alpha value is -2.66. The number of hydrogen-bond acceptors (Lipinski definition) is 3. The van der Waals surface area contributed by atoms with Crippen molar-refractivity contribution in [2.75, 3.05) is 26.2 Å². The number of benzene rings is 2. The van der Waals surface area contributed by atoms with Gasteiger partial charge in [0.25, 0.3) is 0 Å². The summed E-state index contributed by atoms with van der Waals surface area (Å²) in [6.45, 7) is 3.55. The molecule has 32 heavy (non-hydrogen) atoms. The van der Waals surface area contributed by atoms with Crippen molar-refractivity contribution in [1.82, 2.24) is 15.1 Å². The standard InChI is InChI=1S/C27H35N3O2/c31-25-21-28-26(32)27(30(25)22-24-14-6-2-7-15-24)16-10-19-29(20-17-27)18-9-3-8-13-23-11-4-1-5-12-23/h1-2,4-7,11-12,14-15H,3,8-10,13,16-22H2,(H,28,32). The first-order valence-corrected chi connectivity index (χ1v) is 12.1. The van der Waals surface area contributed by atoms with Crippen LogP contribution in [0, 0.1) is 0 Å². The van der Waals surface area contributed by atoms with Gasteiger partial charge in [-0.2, -0.15) is 0 Å². The zero-order chi connectivity index (χ0) is 22.2. The molecule has 1 atom stereocenters. The lowest BCUT2D eigenvalue weighted by atomic mass is 9.85. The maximum Gasteiger partial charge on any atom is 0.246 e. The molecule has 2 amide bonds. The van der Waals surface area contributed by atoms with Crippen molar-refractivity contribution in [3.8, 4) is 0 Å². The van der Waals surface area contributed by atoms with Crippen LogP contribution in [0.25, 0.3) is 0 Å². The highest BCUT2D eigenvalue weighted by atomic mass is 16.2. The highest BCUT2D eigenvalue weighted by Crippen LogP contribution is 2.33. The lowest BCUT2D eigenvalue weighted by Gasteiger charge is -2.45. The summed E-state index contributed by atoms with van der Waals surface area (Å²) in [6.07, 6.45) is 7.14. The van der Waals surface area contributed by atoms with Crippen LogP contribution in [-0.4, -0.2) is 53.3 Å². The first kappa shape index (κ1) is 22.5. The van der Waals surface area contributed by atoms with Crippen LogP contribution in [0.2, 0.25) is 0 Å². The number of likely N-dealkylation sites (tertiary alicyclic amines) is 1. The fourth-order valence-corrected chi connectivity index (χ4v) is 5.16. The van der Waals surface area contributed by atoms with Crippen LogP contribution in [0.1, 0.15) is 49.7 Å². The molecule has 1 spiro atoms. The van der Waals surface area contributed by atoms with Crippen molar-refractivity contribution < 1.29 is 9.59 Å². The summed E-state index contributed by atoms with van der Waals surface area (Å²) in [7, 11) is 0. The van der Waals surface area contributed by atoms with Crippen LogP contribution in [-0.2, 0) is 22.6 Å². The van der Waals surface area contributed by atoms with Gasteiger partial charge in [-0.3, -0.25) is 9.59 Å². The predicted octanol–water partition coefficient (Wildman–Crippen LogP) is 3.78. The Morgan fingerprint density at radius 1 is 0.812 bits per heavy atom. The summed E-state index contributed by atoms with van der Waals surface area (Å²) >= 11 is 0. The van der Waals surface area contributed by atoms with E-state index in [0.717, 1.165) is 44.5 Å². The van der Waals surface area contributed by atoms with Crippen LogP contribution in [0.15, 0.2) is 60.7 Å². The lowest BCUT2D eigenvalue weighted by molar-refractivity contribution is -0.155. The zero-order valence-corrected chi connectivity index (χ0v) is 19.0. The minimum absolute atomic E-state index is 0.0257. The number of aryl methyl sites for hydroxylation is 1. The second kappa shape index (κ2) is 10.8. The average molecular weight is 434 g/mol. The number of hydrogen-bond donors (Lipinski definition) is 1. The molecule has 1 N–H and O–H groups in total. The topological polar surface area (TPSA) is 52.7 Å². The van der Waals surface area contributed by atoms with E-state index in [1.807, 2.05) is 35.2 Å². The van der Waals surface area contributed by atoms with E-state index in [1.54, 1.807) is 0 Å². The summed E-state index contributed by atoms with van der Waals surface area (Å²) in [5.41, 5.74) is 1.78. The third-order valence-electron chi connectivity index (χ3n) is 7.01. The number of amides is 2. The maximum absolute atomic E-state index is 13.1. The average Bonchev–Trinajstić information content (AvgIpc) is 3.04. The van der Waals surface area contributed by atoms with Crippen LogP contribution >= 0.6 is 0 Å². The minimum atomic E-state index is -0.715. The van der Waals surface area contributed by atoms with Crippen molar-refractivity contribution in [1.29, 1.82) is 0 Å². The number of carbonyl (C=O) groups excluding carboxylic acids is 2. The molecule has 0 aliphatic carbocycles. The van der Waals surface area contributed by atoms with Gasteiger partial charge < -0.3 is 15.1 Å². The molecule has 0 bridgehead atoms. The molecule has 2 aromatic carbocycles. The van der Waals surface area contributed by atoms with E-state index in [9.17, 15) is 9.59 Å². The summed E-state index contributed by atoms with van der Waals surface area (Å²) in [5, 5.41) is 2.88. The van der Waals surface area contributed by atoms with Crippen LogP contribution in [0.5, 0.6) is 0 Å². The van der Waals surface area contributed by atoms with Gasteiger partial charge in [-0.05, 0) is 62.7 Å². The lowest BCUT2D eigenvalue weighted by Crippen LogP contribution is -2.67. The number of nitrogens with one attached hydrogen (secondary N) is 1. The van der Waals surface area contributed by atoms with Gasteiger partial charge in [-0.1, -0.05) is 67.1 Å². The molecule has 1 unspecified atom stereocenters. The number of carbonyl (C=O) groups is 2. The molecule has 4 rings (SSSR count). The summed E-state index contributed by atoms with van der Waals surface area (Å²) in [4.78, 5) is 30.3. The molecule has 2 aliphatic heterocycles. The summed E-state index contributed by atoms with van der Waals surface area (Å²) in [6, 6.07) is 20.7. The van der Waals surface area contributed by atoms with Gasteiger partial charge >= 0.3 is 0 Å². The maximum atomic E-state index is 13.1. The molecule has 2 heterocycles. The summed E-state index contributed by atoms with van der Waals surface area (Å²) < 4.78 is 0. The number of rotatable bonds is 8. The molecule has 5 heteroatoms. The van der Waals surface area contributed by atoms with E-state index in [2.05, 4.69) is 40.5 Å². The van der Waals surface area contributed by atoms with Crippen LogP contribution in [0.4, 0.5) is 0 Å². The molecule has 2 saturated heterocycles. The Labute approximate surface area is 191 Å². The van der Waals surface area contributed by atoms with Gasteiger partial charge in [0.2, 0.25) is 11.8 Å². The van der Waals surface area contributed by atoms with Gasteiger partial charge in [0.15, 0.2) is 0 Å². The van der Waals surface area contributed by atoms with E-state index in [4.69, 9.17) is 0 Å². The van der Waals surface area contributed by atoms with E-state index in [-0.39, 0.29) is 18.4 Å². The van der Waals surface area contributed by atoms with Crippen molar-refractivity contribution >= 4 is 11.8 Å². The van der Waals surface area contributed by atoms with Crippen molar-refractivity contribution in [2.24, 2.45) is 0 Å². The Morgan fingerprint density at radius 3 is 2.28 bits per heavy atom. The largest absolute Gasteiger partial charge is 0.345 e. The molecule has 5 nitrogen and oxygen atoms in total. The second-order valence-corrected chi connectivity index (χ2v) is 9.17. The van der Waals surface area contributed by atoms with E-state index in [1.165, 1.54) is 24.8 Å². The number of unbranched alkanes of at least 4 members (excludes halogenated alkanes) is 2. The third-order valence-corrected chi connectivity index (χ3v) is 7.01. The molecular weight excluding hydrogens is 398 g/mol. The molecule has 2 fully saturated rings. The van der Waals surface area contributed by atoms with Crippen LogP contribution < -0.4 is 5.32 Å². The second-order valence-electron chi connectivity index (χ2n) is 9.17. The van der Waals surface area contributed by atoms with Gasteiger partial charge in [-0.15, -0.1) is 0 Å². The van der Waals surface area contributed by atoms with E-state index >= 15 is 0 Å². The molecule has 0 aromatic heterocycles. The van der Waals surface area contributed by atoms with E-state index < -0.39 is 5.54 Å².